The van der Waals surface area contributed by atoms with E-state index in [9.17, 15) is 0 Å². The molecule has 0 aromatic rings. The van der Waals surface area contributed by atoms with Crippen molar-refractivity contribution in [3.63, 3.8) is 0 Å². The Balaban J connectivity index is 1.98. The first-order valence-electron chi connectivity index (χ1n) is 6.13. The Kier molecular flexibility index (Phi) is 4.90. The van der Waals surface area contributed by atoms with Crippen LogP contribution in [0, 0.1) is 0 Å². The van der Waals surface area contributed by atoms with Gasteiger partial charge in [0.1, 0.15) is 0 Å². The van der Waals surface area contributed by atoms with Crippen LogP contribution in [0.3, 0.4) is 0 Å². The first kappa shape index (κ1) is 12.0. The molecule has 0 aromatic carbocycles. The molecule has 0 saturated heterocycles. The summed E-state index contributed by atoms with van der Waals surface area (Å²) in [5.41, 5.74) is 6.16. The van der Waals surface area contributed by atoms with E-state index in [1.165, 1.54) is 51.5 Å². The third kappa shape index (κ3) is 4.43. The smallest absolute Gasteiger partial charge is 0.0153 e. The van der Waals surface area contributed by atoms with Crippen LogP contribution in [-0.2, 0) is 0 Å². The van der Waals surface area contributed by atoms with Crippen LogP contribution in [0.4, 0.5) is 0 Å². The molecule has 84 valence electrons. The molecular formula is C12H26N2. The van der Waals surface area contributed by atoms with Gasteiger partial charge < -0.3 is 11.1 Å². The van der Waals surface area contributed by atoms with Crippen molar-refractivity contribution in [3.8, 4) is 0 Å². The second kappa shape index (κ2) is 5.72. The summed E-state index contributed by atoms with van der Waals surface area (Å²) in [4.78, 5) is 0. The lowest BCUT2D eigenvalue weighted by Gasteiger charge is -2.25. The third-order valence-electron chi connectivity index (χ3n) is 3.35. The summed E-state index contributed by atoms with van der Waals surface area (Å²) in [5.74, 6) is 0. The first-order chi connectivity index (χ1) is 6.62. The van der Waals surface area contributed by atoms with Crippen LogP contribution < -0.4 is 11.1 Å². The van der Waals surface area contributed by atoms with Gasteiger partial charge in [-0.15, -0.1) is 0 Å². The molecule has 3 N–H and O–H groups in total. The highest BCUT2D eigenvalue weighted by Crippen LogP contribution is 2.28. The summed E-state index contributed by atoms with van der Waals surface area (Å²) in [6.45, 7) is 5.63. The van der Waals surface area contributed by atoms with Gasteiger partial charge in [0.05, 0.1) is 0 Å². The van der Waals surface area contributed by atoms with E-state index in [0.29, 0.717) is 11.6 Å². The maximum Gasteiger partial charge on any atom is 0.0153 e. The molecule has 1 saturated carbocycles. The van der Waals surface area contributed by atoms with Crippen LogP contribution in [0.15, 0.2) is 0 Å². The van der Waals surface area contributed by atoms with Gasteiger partial charge in [0.15, 0.2) is 0 Å². The van der Waals surface area contributed by atoms with Crippen molar-refractivity contribution in [2.75, 3.05) is 6.54 Å². The van der Waals surface area contributed by atoms with Gasteiger partial charge in [-0.2, -0.15) is 0 Å². The van der Waals surface area contributed by atoms with Crippen molar-refractivity contribution in [1.29, 1.82) is 0 Å². The summed E-state index contributed by atoms with van der Waals surface area (Å²) in [6.07, 6.45) is 9.24. The SMILES string of the molecule is CC(N)CCCCNC1(C)CCCC1. The van der Waals surface area contributed by atoms with E-state index in [0.717, 1.165) is 0 Å². The molecule has 2 heteroatoms. The molecule has 1 unspecified atom stereocenters. The maximum absolute atomic E-state index is 5.70. The second-order valence-electron chi connectivity index (χ2n) is 5.17. The molecule has 1 fully saturated rings. The van der Waals surface area contributed by atoms with Crippen molar-refractivity contribution in [2.24, 2.45) is 5.73 Å². The van der Waals surface area contributed by atoms with E-state index in [1.54, 1.807) is 0 Å². The minimum atomic E-state index is 0.372. The molecule has 14 heavy (non-hydrogen) atoms. The monoisotopic (exact) mass is 198 g/mol. The van der Waals surface area contributed by atoms with Crippen LogP contribution in [0.2, 0.25) is 0 Å². The summed E-state index contributed by atoms with van der Waals surface area (Å²) < 4.78 is 0. The standard InChI is InChI=1S/C12H26N2/c1-11(13)7-3-6-10-14-12(2)8-4-5-9-12/h11,14H,3-10,13H2,1-2H3. The highest BCUT2D eigenvalue weighted by molar-refractivity contribution is 4.87. The van der Waals surface area contributed by atoms with Crippen LogP contribution in [0.5, 0.6) is 0 Å². The third-order valence-corrected chi connectivity index (χ3v) is 3.35. The molecule has 1 rings (SSSR count). The highest BCUT2D eigenvalue weighted by atomic mass is 15.0. The van der Waals surface area contributed by atoms with Gasteiger partial charge in [0.2, 0.25) is 0 Å². The van der Waals surface area contributed by atoms with Crippen molar-refractivity contribution in [3.05, 3.63) is 0 Å². The number of nitrogens with one attached hydrogen (secondary N) is 1. The Bertz CT molecular complexity index is 148. The number of hydrogen-bond donors (Lipinski definition) is 2. The molecule has 0 radical (unpaired) electrons. The lowest BCUT2D eigenvalue weighted by molar-refractivity contribution is 0.359. The maximum atomic E-state index is 5.70. The van der Waals surface area contributed by atoms with Crippen LogP contribution in [0.25, 0.3) is 0 Å². The Labute approximate surface area is 88.6 Å². The van der Waals surface area contributed by atoms with Crippen molar-refractivity contribution < 1.29 is 0 Å². The molecular weight excluding hydrogens is 172 g/mol. The molecule has 1 aliphatic rings. The average molecular weight is 198 g/mol. The van der Waals surface area contributed by atoms with E-state index < -0.39 is 0 Å². The highest BCUT2D eigenvalue weighted by Gasteiger charge is 2.27. The zero-order valence-electron chi connectivity index (χ0n) is 9.81. The Morgan fingerprint density at radius 1 is 1.29 bits per heavy atom. The molecule has 0 spiro atoms. The molecule has 1 aliphatic carbocycles. The summed E-state index contributed by atoms with van der Waals surface area (Å²) in [5, 5.41) is 3.69. The summed E-state index contributed by atoms with van der Waals surface area (Å²) >= 11 is 0. The fourth-order valence-corrected chi connectivity index (χ4v) is 2.31. The number of rotatable bonds is 6. The van der Waals surface area contributed by atoms with Crippen LogP contribution in [-0.4, -0.2) is 18.1 Å². The zero-order chi connectivity index (χ0) is 10.4. The predicted molar refractivity (Wildman–Crippen MR) is 62.4 cm³/mol. The number of unbranched alkanes of at least 4 members (excludes halogenated alkanes) is 1. The minimum Gasteiger partial charge on any atom is -0.328 e. The molecule has 1 atom stereocenters. The fraction of sp³-hybridized carbons (Fsp3) is 1.00. The quantitative estimate of drug-likeness (QED) is 0.643. The van der Waals surface area contributed by atoms with E-state index in [-0.39, 0.29) is 0 Å². The van der Waals surface area contributed by atoms with Crippen molar-refractivity contribution in [2.45, 2.75) is 70.4 Å². The number of hydrogen-bond acceptors (Lipinski definition) is 2. The lowest BCUT2D eigenvalue weighted by atomic mass is 10.0. The molecule has 0 amide bonds. The zero-order valence-corrected chi connectivity index (χ0v) is 9.81. The Morgan fingerprint density at radius 2 is 1.93 bits per heavy atom. The van der Waals surface area contributed by atoms with Gasteiger partial charge in [0.25, 0.3) is 0 Å². The topological polar surface area (TPSA) is 38.0 Å². The second-order valence-corrected chi connectivity index (χ2v) is 5.17. The fourth-order valence-electron chi connectivity index (χ4n) is 2.31. The van der Waals surface area contributed by atoms with Gasteiger partial charge in [-0.3, -0.25) is 0 Å². The minimum absolute atomic E-state index is 0.372. The number of nitrogens with two attached hydrogens (primary N) is 1. The molecule has 0 aromatic heterocycles. The summed E-state index contributed by atoms with van der Waals surface area (Å²) in [6, 6.07) is 0.372. The van der Waals surface area contributed by atoms with E-state index >= 15 is 0 Å². The first-order valence-corrected chi connectivity index (χ1v) is 6.13. The van der Waals surface area contributed by atoms with E-state index in [1.807, 2.05) is 0 Å². The average Bonchev–Trinajstić information content (AvgIpc) is 2.51. The molecule has 0 bridgehead atoms. The van der Waals surface area contributed by atoms with Gasteiger partial charge >= 0.3 is 0 Å². The molecule has 2 nitrogen and oxygen atoms in total. The molecule has 0 heterocycles. The Morgan fingerprint density at radius 3 is 2.50 bits per heavy atom. The van der Waals surface area contributed by atoms with Crippen molar-refractivity contribution >= 4 is 0 Å². The van der Waals surface area contributed by atoms with Gasteiger partial charge in [-0.25, -0.2) is 0 Å². The summed E-state index contributed by atoms with van der Waals surface area (Å²) in [7, 11) is 0. The van der Waals surface area contributed by atoms with Gasteiger partial charge in [-0.05, 0) is 46.1 Å². The van der Waals surface area contributed by atoms with E-state index in [4.69, 9.17) is 5.73 Å². The van der Waals surface area contributed by atoms with Crippen molar-refractivity contribution in [1.82, 2.24) is 5.32 Å². The van der Waals surface area contributed by atoms with Gasteiger partial charge in [-0.1, -0.05) is 19.3 Å². The van der Waals surface area contributed by atoms with Crippen LogP contribution >= 0.6 is 0 Å². The predicted octanol–water partition coefficient (Wildman–Crippen LogP) is 2.43. The Hall–Kier alpha value is -0.0800. The lowest BCUT2D eigenvalue weighted by Crippen LogP contribution is -2.39. The largest absolute Gasteiger partial charge is 0.328 e. The molecule has 0 aliphatic heterocycles. The van der Waals surface area contributed by atoms with Crippen LogP contribution in [0.1, 0.15) is 58.8 Å². The van der Waals surface area contributed by atoms with E-state index in [2.05, 4.69) is 19.2 Å². The normalized spacial score (nSPS) is 22.5. The van der Waals surface area contributed by atoms with Gasteiger partial charge in [0, 0.05) is 11.6 Å².